The number of pyridine rings is 1. The van der Waals surface area contributed by atoms with Crippen molar-refractivity contribution in [1.82, 2.24) is 4.98 Å². The average molecular weight is 370 g/mol. The molecule has 0 spiro atoms. The molecule has 3 rings (SSSR count). The van der Waals surface area contributed by atoms with Gasteiger partial charge in [0.2, 0.25) is 0 Å². The molecule has 0 bridgehead atoms. The number of rotatable bonds is 4. The first-order valence-electron chi connectivity index (χ1n) is 7.16. The first-order valence-corrected chi connectivity index (χ1v) is 7.96. The van der Waals surface area contributed by atoms with Gasteiger partial charge in [-0.25, -0.2) is 0 Å². The van der Waals surface area contributed by atoms with Crippen molar-refractivity contribution < 1.29 is 4.74 Å². The minimum Gasteiger partial charge on any atom is -0.496 e. The van der Waals surface area contributed by atoms with E-state index in [0.717, 1.165) is 38.0 Å². The summed E-state index contributed by atoms with van der Waals surface area (Å²) in [5.74, 6) is 0.828. The molecule has 0 aliphatic heterocycles. The van der Waals surface area contributed by atoms with Crippen LogP contribution >= 0.6 is 15.9 Å². The zero-order valence-corrected chi connectivity index (χ0v) is 14.5. The lowest BCUT2D eigenvalue weighted by Gasteiger charge is -2.12. The maximum Gasteiger partial charge on any atom is 0.127 e. The van der Waals surface area contributed by atoms with Gasteiger partial charge in [-0.3, -0.25) is 10.4 Å². The summed E-state index contributed by atoms with van der Waals surface area (Å²) < 4.78 is 6.53. The van der Waals surface area contributed by atoms with E-state index in [1.165, 1.54) is 0 Å². The molecule has 116 valence electrons. The van der Waals surface area contributed by atoms with Crippen LogP contribution < -0.4 is 10.2 Å². The lowest BCUT2D eigenvalue weighted by atomic mass is 10.0. The second-order valence-electron chi connectivity index (χ2n) is 5.04. The Labute approximate surface area is 143 Å². The van der Waals surface area contributed by atoms with Crippen molar-refractivity contribution in [3.63, 3.8) is 0 Å². The van der Waals surface area contributed by atoms with Gasteiger partial charge in [0.05, 0.1) is 24.7 Å². The Kier molecular flexibility index (Phi) is 4.57. The Hall–Kier alpha value is -2.40. The van der Waals surface area contributed by atoms with Crippen LogP contribution in [0.15, 0.2) is 64.4 Å². The molecule has 0 atom stereocenters. The number of nitrogens with one attached hydrogen (secondary N) is 1. The van der Waals surface area contributed by atoms with Crippen LogP contribution in [0.4, 0.5) is 5.69 Å². The van der Waals surface area contributed by atoms with Gasteiger partial charge >= 0.3 is 0 Å². The zero-order chi connectivity index (χ0) is 16.2. The maximum absolute atomic E-state index is 5.53. The Morgan fingerprint density at radius 1 is 1.17 bits per heavy atom. The zero-order valence-electron chi connectivity index (χ0n) is 12.9. The minimum absolute atomic E-state index is 0.828. The highest BCUT2D eigenvalue weighted by molar-refractivity contribution is 9.10. The predicted molar refractivity (Wildman–Crippen MR) is 98.3 cm³/mol. The molecular weight excluding hydrogens is 354 g/mol. The van der Waals surface area contributed by atoms with Gasteiger partial charge in [-0.2, -0.15) is 5.10 Å². The first-order chi connectivity index (χ1) is 11.2. The van der Waals surface area contributed by atoms with Crippen LogP contribution in [0.3, 0.4) is 0 Å². The van der Waals surface area contributed by atoms with Crippen LogP contribution in [0, 0.1) is 0 Å². The standard InChI is InChI=1S/C18H16BrN3O/c1-12(21-22-13-6-5-9-20-11-13)16-10-17(23-2)14-7-3-4-8-15(14)18(16)19/h3-11,22H,1-2H3. The van der Waals surface area contributed by atoms with Gasteiger partial charge in [-0.15, -0.1) is 0 Å². The third kappa shape index (κ3) is 3.19. The van der Waals surface area contributed by atoms with Crippen LogP contribution in [0.2, 0.25) is 0 Å². The number of methoxy groups -OCH3 is 1. The van der Waals surface area contributed by atoms with E-state index in [0.29, 0.717) is 0 Å². The quantitative estimate of drug-likeness (QED) is 0.528. The third-order valence-corrected chi connectivity index (χ3v) is 4.42. The van der Waals surface area contributed by atoms with Gasteiger partial charge in [0.15, 0.2) is 0 Å². The molecule has 2 aromatic carbocycles. The van der Waals surface area contributed by atoms with Crippen molar-refractivity contribution in [2.24, 2.45) is 5.10 Å². The highest BCUT2D eigenvalue weighted by Gasteiger charge is 2.12. The Bertz CT molecular complexity index is 863. The highest BCUT2D eigenvalue weighted by atomic mass is 79.9. The van der Waals surface area contributed by atoms with Crippen molar-refractivity contribution in [3.8, 4) is 5.75 Å². The Morgan fingerprint density at radius 2 is 1.96 bits per heavy atom. The fourth-order valence-corrected chi connectivity index (χ4v) is 3.12. The number of benzene rings is 2. The van der Waals surface area contributed by atoms with Gasteiger partial charge < -0.3 is 4.74 Å². The molecule has 0 aliphatic rings. The molecular formula is C18H16BrN3O. The topological polar surface area (TPSA) is 46.5 Å². The molecule has 1 heterocycles. The van der Waals surface area contributed by atoms with Crippen LogP contribution in [-0.4, -0.2) is 17.8 Å². The number of halogens is 1. The molecule has 0 aliphatic carbocycles. The lowest BCUT2D eigenvalue weighted by molar-refractivity contribution is 0.419. The van der Waals surface area contributed by atoms with E-state index in [4.69, 9.17) is 4.74 Å². The van der Waals surface area contributed by atoms with Gasteiger partial charge in [-0.05, 0) is 41.1 Å². The highest BCUT2D eigenvalue weighted by Crippen LogP contribution is 2.35. The number of nitrogens with zero attached hydrogens (tertiary/aromatic N) is 2. The van der Waals surface area contributed by atoms with E-state index in [1.807, 2.05) is 43.3 Å². The number of aromatic nitrogens is 1. The monoisotopic (exact) mass is 369 g/mol. The molecule has 3 aromatic rings. The molecule has 0 amide bonds. The van der Waals surface area contributed by atoms with Crippen molar-refractivity contribution in [1.29, 1.82) is 0 Å². The van der Waals surface area contributed by atoms with Gasteiger partial charge in [0.1, 0.15) is 5.75 Å². The normalized spacial score (nSPS) is 11.5. The molecule has 0 saturated carbocycles. The smallest absolute Gasteiger partial charge is 0.127 e. The van der Waals surface area contributed by atoms with Crippen molar-refractivity contribution in [2.45, 2.75) is 6.92 Å². The summed E-state index contributed by atoms with van der Waals surface area (Å²) in [7, 11) is 1.68. The molecule has 23 heavy (non-hydrogen) atoms. The SMILES string of the molecule is COc1cc(C(C)=NNc2cccnc2)c(Br)c2ccccc12. The van der Waals surface area contributed by atoms with Crippen LogP contribution in [0.25, 0.3) is 10.8 Å². The molecule has 4 nitrogen and oxygen atoms in total. The molecule has 0 radical (unpaired) electrons. The predicted octanol–water partition coefficient (Wildman–Crippen LogP) is 4.84. The van der Waals surface area contributed by atoms with Crippen molar-refractivity contribution >= 4 is 38.1 Å². The van der Waals surface area contributed by atoms with Crippen LogP contribution in [0.5, 0.6) is 5.75 Å². The maximum atomic E-state index is 5.53. The lowest BCUT2D eigenvalue weighted by Crippen LogP contribution is -2.02. The summed E-state index contributed by atoms with van der Waals surface area (Å²) in [4.78, 5) is 4.06. The number of hydrazone groups is 1. The van der Waals surface area contributed by atoms with E-state index < -0.39 is 0 Å². The van der Waals surface area contributed by atoms with Crippen LogP contribution in [0.1, 0.15) is 12.5 Å². The molecule has 0 saturated heterocycles. The van der Waals surface area contributed by atoms with E-state index in [-0.39, 0.29) is 0 Å². The Balaban J connectivity index is 2.03. The van der Waals surface area contributed by atoms with Crippen molar-refractivity contribution in [3.05, 3.63) is 64.9 Å². The fraction of sp³-hybridized carbons (Fsp3) is 0.111. The summed E-state index contributed by atoms with van der Waals surface area (Å²) in [5.41, 5.74) is 5.70. The third-order valence-electron chi connectivity index (χ3n) is 3.56. The molecule has 0 unspecified atom stereocenters. The van der Waals surface area contributed by atoms with Gasteiger partial charge in [-0.1, -0.05) is 24.3 Å². The second kappa shape index (κ2) is 6.79. The second-order valence-corrected chi connectivity index (χ2v) is 5.83. The largest absolute Gasteiger partial charge is 0.496 e. The first kappa shape index (κ1) is 15.5. The summed E-state index contributed by atoms with van der Waals surface area (Å²) in [6.07, 6.45) is 3.46. The van der Waals surface area contributed by atoms with Crippen LogP contribution in [-0.2, 0) is 0 Å². The van der Waals surface area contributed by atoms with E-state index in [9.17, 15) is 0 Å². The minimum atomic E-state index is 0.828. The van der Waals surface area contributed by atoms with Crippen molar-refractivity contribution in [2.75, 3.05) is 12.5 Å². The summed E-state index contributed by atoms with van der Waals surface area (Å²) in [6.45, 7) is 1.96. The van der Waals surface area contributed by atoms with Gasteiger partial charge in [0, 0.05) is 27.0 Å². The molecule has 1 aromatic heterocycles. The number of fused-ring (bicyclic) bond motifs is 1. The number of hydrogen-bond donors (Lipinski definition) is 1. The molecule has 5 heteroatoms. The average Bonchev–Trinajstić information content (AvgIpc) is 2.61. The fourth-order valence-electron chi connectivity index (χ4n) is 2.38. The Morgan fingerprint density at radius 3 is 2.65 bits per heavy atom. The molecule has 1 N–H and O–H groups in total. The number of hydrogen-bond acceptors (Lipinski definition) is 4. The van der Waals surface area contributed by atoms with E-state index >= 15 is 0 Å². The summed E-state index contributed by atoms with van der Waals surface area (Å²) >= 11 is 3.70. The number of anilines is 1. The summed E-state index contributed by atoms with van der Waals surface area (Å²) in [5, 5.41) is 6.61. The van der Waals surface area contributed by atoms with E-state index in [1.54, 1.807) is 19.5 Å². The summed E-state index contributed by atoms with van der Waals surface area (Å²) in [6, 6.07) is 13.9. The van der Waals surface area contributed by atoms with Gasteiger partial charge in [0.25, 0.3) is 0 Å². The van der Waals surface area contributed by atoms with E-state index in [2.05, 4.69) is 37.5 Å². The number of ether oxygens (including phenoxy) is 1. The molecule has 0 fully saturated rings.